The maximum Gasteiger partial charge on any atom is 0.234 e. The summed E-state index contributed by atoms with van der Waals surface area (Å²) in [6.07, 6.45) is 0. The van der Waals surface area contributed by atoms with E-state index in [2.05, 4.69) is 21.6 Å². The Morgan fingerprint density at radius 2 is 1.79 bits per heavy atom. The Bertz CT molecular complexity index is 1520. The van der Waals surface area contributed by atoms with Crippen molar-refractivity contribution < 1.29 is 4.79 Å². The van der Waals surface area contributed by atoms with Crippen molar-refractivity contribution >= 4 is 40.0 Å². The van der Waals surface area contributed by atoms with Crippen LogP contribution in [0.25, 0.3) is 28.1 Å². The molecule has 0 aliphatic heterocycles. The van der Waals surface area contributed by atoms with Crippen LogP contribution in [0.2, 0.25) is 0 Å². The number of aryl methyl sites for hydroxylation is 1. The molecule has 2 aromatic heterocycles. The van der Waals surface area contributed by atoms with E-state index in [-0.39, 0.29) is 11.7 Å². The third-order valence-electron chi connectivity index (χ3n) is 5.15. The van der Waals surface area contributed by atoms with Crippen molar-refractivity contribution in [2.75, 3.05) is 11.1 Å². The van der Waals surface area contributed by atoms with Crippen molar-refractivity contribution in [2.45, 2.75) is 11.9 Å². The van der Waals surface area contributed by atoms with Crippen molar-refractivity contribution in [3.8, 4) is 17.5 Å². The molecule has 0 fully saturated rings. The number of para-hydroxylation sites is 2. The molecule has 5 aromatic rings. The Kier molecular flexibility index (Phi) is 5.47. The minimum absolute atomic E-state index is 0.160. The van der Waals surface area contributed by atoms with Gasteiger partial charge in [-0.3, -0.25) is 9.20 Å². The largest absolute Gasteiger partial charge is 0.325 e. The van der Waals surface area contributed by atoms with E-state index in [0.29, 0.717) is 21.9 Å². The van der Waals surface area contributed by atoms with Gasteiger partial charge in [-0.1, -0.05) is 53.7 Å². The molecule has 0 saturated carbocycles. The zero-order valence-electron chi connectivity index (χ0n) is 17.7. The lowest BCUT2D eigenvalue weighted by molar-refractivity contribution is -0.113. The van der Waals surface area contributed by atoms with Crippen LogP contribution in [0.15, 0.2) is 77.8 Å². The first-order valence-corrected chi connectivity index (χ1v) is 11.2. The Labute approximate surface area is 194 Å². The predicted octanol–water partition coefficient (Wildman–Crippen LogP) is 4.86. The quantitative estimate of drug-likeness (QED) is 0.384. The number of aromatic nitrogens is 4. The van der Waals surface area contributed by atoms with E-state index in [1.54, 1.807) is 24.3 Å². The van der Waals surface area contributed by atoms with Crippen LogP contribution in [0.4, 0.5) is 5.69 Å². The molecule has 0 aliphatic rings. The number of nitrogens with one attached hydrogen (secondary N) is 1. The summed E-state index contributed by atoms with van der Waals surface area (Å²) in [5.74, 6) is 0.719. The normalized spacial score (nSPS) is 10.9. The van der Waals surface area contributed by atoms with Crippen molar-refractivity contribution in [2.24, 2.45) is 0 Å². The summed E-state index contributed by atoms with van der Waals surface area (Å²) >= 11 is 1.31. The van der Waals surface area contributed by atoms with E-state index >= 15 is 0 Å². The Hall–Kier alpha value is -4.22. The van der Waals surface area contributed by atoms with Crippen LogP contribution < -0.4 is 5.32 Å². The van der Waals surface area contributed by atoms with Gasteiger partial charge in [0.25, 0.3) is 0 Å². The number of carbonyl (C=O) groups is 1. The number of nitrogens with zero attached hydrogens (tertiary/aromatic N) is 5. The molecule has 3 aromatic carbocycles. The summed E-state index contributed by atoms with van der Waals surface area (Å²) in [5.41, 5.74) is 5.62. The Morgan fingerprint density at radius 1 is 1.03 bits per heavy atom. The molecule has 8 heteroatoms. The monoisotopic (exact) mass is 450 g/mol. The Balaban J connectivity index is 1.47. The van der Waals surface area contributed by atoms with Gasteiger partial charge < -0.3 is 5.32 Å². The zero-order chi connectivity index (χ0) is 22.8. The molecular weight excluding hydrogens is 432 g/mol. The smallest absolute Gasteiger partial charge is 0.234 e. The molecule has 0 unspecified atom stereocenters. The van der Waals surface area contributed by atoms with Crippen LogP contribution in [0, 0.1) is 18.3 Å². The lowest BCUT2D eigenvalue weighted by atomic mass is 10.1. The van der Waals surface area contributed by atoms with Crippen LogP contribution in [0.3, 0.4) is 0 Å². The first-order chi connectivity index (χ1) is 16.1. The second-order valence-electron chi connectivity index (χ2n) is 7.48. The fraction of sp³-hybridized carbons (Fsp3) is 0.0800. The van der Waals surface area contributed by atoms with Gasteiger partial charge in [-0.2, -0.15) is 5.26 Å². The Morgan fingerprint density at radius 3 is 2.55 bits per heavy atom. The van der Waals surface area contributed by atoms with E-state index in [1.807, 2.05) is 59.9 Å². The summed E-state index contributed by atoms with van der Waals surface area (Å²) in [7, 11) is 0. The first kappa shape index (κ1) is 20.7. The highest BCUT2D eigenvalue weighted by atomic mass is 32.2. The standard InChI is InChI=1S/C25H18N6OS/c1-16-6-10-18(11-7-16)23-29-30-24-25(28-20-4-2-3-5-21(20)31(23)24)33-15-22(32)27-19-12-8-17(14-26)9-13-19/h2-13H,15H2,1H3,(H,27,32). The van der Waals surface area contributed by atoms with Gasteiger partial charge in [-0.05, 0) is 43.3 Å². The predicted molar refractivity (Wildman–Crippen MR) is 129 cm³/mol. The zero-order valence-corrected chi connectivity index (χ0v) is 18.5. The minimum Gasteiger partial charge on any atom is -0.325 e. The molecule has 160 valence electrons. The van der Waals surface area contributed by atoms with E-state index in [4.69, 9.17) is 10.2 Å². The van der Waals surface area contributed by atoms with Gasteiger partial charge in [0.05, 0.1) is 28.4 Å². The molecule has 0 spiro atoms. The van der Waals surface area contributed by atoms with Gasteiger partial charge >= 0.3 is 0 Å². The van der Waals surface area contributed by atoms with Crippen molar-refractivity contribution in [1.29, 1.82) is 5.26 Å². The first-order valence-electron chi connectivity index (χ1n) is 10.3. The molecule has 0 bridgehead atoms. The topological polar surface area (TPSA) is 96.0 Å². The average Bonchev–Trinajstić information content (AvgIpc) is 3.29. The highest BCUT2D eigenvalue weighted by Gasteiger charge is 2.17. The number of amides is 1. The molecule has 1 amide bonds. The maximum absolute atomic E-state index is 12.5. The molecule has 33 heavy (non-hydrogen) atoms. The number of carbonyl (C=O) groups excluding carboxylic acids is 1. The fourth-order valence-corrected chi connectivity index (χ4v) is 4.27. The number of benzene rings is 3. The third kappa shape index (κ3) is 4.14. The summed E-state index contributed by atoms with van der Waals surface area (Å²) in [5, 5.41) is 21.3. The van der Waals surface area contributed by atoms with Gasteiger partial charge in [-0.15, -0.1) is 10.2 Å². The molecule has 1 N–H and O–H groups in total. The van der Waals surface area contributed by atoms with Crippen LogP contribution in [0.5, 0.6) is 0 Å². The molecule has 5 rings (SSSR count). The number of rotatable bonds is 5. The van der Waals surface area contributed by atoms with Crippen molar-refractivity contribution in [1.82, 2.24) is 19.6 Å². The van der Waals surface area contributed by atoms with Gasteiger partial charge in [0, 0.05) is 11.3 Å². The SMILES string of the molecule is Cc1ccc(-c2nnc3c(SCC(=O)Nc4ccc(C#N)cc4)nc4ccccc4n23)cc1. The third-order valence-corrected chi connectivity index (χ3v) is 6.10. The average molecular weight is 451 g/mol. The highest BCUT2D eigenvalue weighted by molar-refractivity contribution is 8.00. The van der Waals surface area contributed by atoms with Crippen molar-refractivity contribution in [3.05, 3.63) is 83.9 Å². The van der Waals surface area contributed by atoms with Crippen LogP contribution in [-0.2, 0) is 4.79 Å². The number of anilines is 1. The van der Waals surface area contributed by atoms with Crippen LogP contribution in [-0.4, -0.2) is 31.2 Å². The molecule has 0 radical (unpaired) electrons. The lowest BCUT2D eigenvalue weighted by Gasteiger charge is -2.09. The highest BCUT2D eigenvalue weighted by Crippen LogP contribution is 2.29. The van der Waals surface area contributed by atoms with E-state index < -0.39 is 0 Å². The number of thioether (sulfide) groups is 1. The number of hydrogen-bond donors (Lipinski definition) is 1. The van der Waals surface area contributed by atoms with Crippen LogP contribution >= 0.6 is 11.8 Å². The summed E-state index contributed by atoms with van der Waals surface area (Å²) in [4.78, 5) is 17.3. The maximum atomic E-state index is 12.5. The van der Waals surface area contributed by atoms with Crippen LogP contribution in [0.1, 0.15) is 11.1 Å². The van der Waals surface area contributed by atoms with Gasteiger partial charge in [0.15, 0.2) is 11.5 Å². The second-order valence-corrected chi connectivity index (χ2v) is 8.44. The lowest BCUT2D eigenvalue weighted by Crippen LogP contribution is -2.14. The summed E-state index contributed by atoms with van der Waals surface area (Å²) in [6.45, 7) is 2.04. The molecule has 2 heterocycles. The second kappa shape index (κ2) is 8.73. The van der Waals surface area contributed by atoms with E-state index in [1.165, 1.54) is 17.3 Å². The molecule has 0 atom stereocenters. The van der Waals surface area contributed by atoms with E-state index in [9.17, 15) is 4.79 Å². The van der Waals surface area contributed by atoms with Crippen molar-refractivity contribution in [3.63, 3.8) is 0 Å². The minimum atomic E-state index is -0.170. The summed E-state index contributed by atoms with van der Waals surface area (Å²) in [6, 6.07) is 24.8. The number of hydrogen-bond acceptors (Lipinski definition) is 6. The van der Waals surface area contributed by atoms with Gasteiger partial charge in [-0.25, -0.2) is 4.98 Å². The summed E-state index contributed by atoms with van der Waals surface area (Å²) < 4.78 is 1.99. The van der Waals surface area contributed by atoms with E-state index in [0.717, 1.165) is 22.4 Å². The number of fused-ring (bicyclic) bond motifs is 3. The molecule has 0 saturated heterocycles. The molecule has 7 nitrogen and oxygen atoms in total. The molecular formula is C25H18N6OS. The van der Waals surface area contributed by atoms with Gasteiger partial charge in [0.2, 0.25) is 5.91 Å². The fourth-order valence-electron chi connectivity index (χ4n) is 3.50. The number of nitriles is 1. The molecule has 0 aliphatic carbocycles. The van der Waals surface area contributed by atoms with Gasteiger partial charge in [0.1, 0.15) is 5.03 Å².